The van der Waals surface area contributed by atoms with Crippen LogP contribution in [0.2, 0.25) is 0 Å². The Kier molecular flexibility index (Phi) is 4.39. The van der Waals surface area contributed by atoms with E-state index in [-0.39, 0.29) is 0 Å². The Hall–Kier alpha value is -1.88. The van der Waals surface area contributed by atoms with Crippen molar-refractivity contribution in [3.05, 3.63) is 46.8 Å². The van der Waals surface area contributed by atoms with Crippen LogP contribution >= 0.6 is 12.2 Å². The maximum atomic E-state index is 5.89. The molecule has 0 spiro atoms. The summed E-state index contributed by atoms with van der Waals surface area (Å²) in [5.74, 6) is 0.911. The lowest BCUT2D eigenvalue weighted by atomic mass is 10.1. The molecular weight excluding hydrogens is 270 g/mol. The van der Waals surface area contributed by atoms with Crippen LogP contribution in [0.4, 0.5) is 0 Å². The van der Waals surface area contributed by atoms with Crippen LogP contribution in [0.3, 0.4) is 0 Å². The summed E-state index contributed by atoms with van der Waals surface area (Å²) in [6, 6.07) is 3.93. The second kappa shape index (κ2) is 6.05. The van der Waals surface area contributed by atoms with E-state index >= 15 is 0 Å². The number of nitrogens with zero attached hydrogens (tertiary/aromatic N) is 2. The molecule has 1 aromatic carbocycles. The molecule has 0 aliphatic rings. The van der Waals surface area contributed by atoms with E-state index in [1.807, 2.05) is 45.4 Å². The van der Waals surface area contributed by atoms with E-state index < -0.39 is 0 Å². The van der Waals surface area contributed by atoms with Gasteiger partial charge in [0.15, 0.2) is 0 Å². The van der Waals surface area contributed by atoms with E-state index in [2.05, 4.69) is 5.10 Å². The zero-order valence-electron chi connectivity index (χ0n) is 12.0. The minimum atomic E-state index is 0.415. The number of aryl methyl sites for hydroxylation is 3. The molecule has 0 atom stereocenters. The van der Waals surface area contributed by atoms with Gasteiger partial charge in [-0.05, 0) is 42.7 Å². The van der Waals surface area contributed by atoms with E-state index in [0.717, 1.165) is 28.9 Å². The fourth-order valence-corrected chi connectivity index (χ4v) is 2.31. The lowest BCUT2D eigenvalue weighted by Gasteiger charge is -2.13. The molecule has 0 amide bonds. The molecule has 0 unspecified atom stereocenters. The van der Waals surface area contributed by atoms with Gasteiger partial charge in [0.05, 0.1) is 12.8 Å². The highest BCUT2D eigenvalue weighted by atomic mass is 32.1. The first-order valence-corrected chi connectivity index (χ1v) is 6.89. The molecule has 106 valence electrons. The molecule has 0 saturated heterocycles. The standard InChI is InChI=1S/C15H19N3OS/c1-10-6-13(15(16)20)7-11(2)14(10)19-5-4-12-8-17-18(3)9-12/h6-9H,4-5H2,1-3H3,(H2,16,20). The van der Waals surface area contributed by atoms with Crippen molar-refractivity contribution >= 4 is 17.2 Å². The van der Waals surface area contributed by atoms with Crippen molar-refractivity contribution in [3.63, 3.8) is 0 Å². The Bertz CT molecular complexity index is 611. The minimum absolute atomic E-state index is 0.415. The number of nitrogens with two attached hydrogens (primary N) is 1. The second-order valence-corrected chi connectivity index (χ2v) is 5.36. The third kappa shape index (κ3) is 3.36. The molecule has 0 bridgehead atoms. The predicted molar refractivity (Wildman–Crippen MR) is 84.2 cm³/mol. The molecule has 2 rings (SSSR count). The predicted octanol–water partition coefficient (Wildman–Crippen LogP) is 2.29. The Morgan fingerprint density at radius 2 is 2.00 bits per heavy atom. The molecule has 2 aromatic rings. The van der Waals surface area contributed by atoms with Crippen LogP contribution in [0.5, 0.6) is 5.75 Å². The van der Waals surface area contributed by atoms with Crippen molar-refractivity contribution in [1.82, 2.24) is 9.78 Å². The molecule has 0 radical (unpaired) electrons. The smallest absolute Gasteiger partial charge is 0.125 e. The van der Waals surface area contributed by atoms with Gasteiger partial charge in [0.1, 0.15) is 10.7 Å². The first-order valence-electron chi connectivity index (χ1n) is 6.48. The zero-order chi connectivity index (χ0) is 14.7. The summed E-state index contributed by atoms with van der Waals surface area (Å²) < 4.78 is 7.69. The highest BCUT2D eigenvalue weighted by Gasteiger charge is 2.08. The largest absolute Gasteiger partial charge is 0.493 e. The number of thiocarbonyl (C=S) groups is 1. The van der Waals surface area contributed by atoms with Gasteiger partial charge in [-0.25, -0.2) is 0 Å². The maximum Gasteiger partial charge on any atom is 0.125 e. The Morgan fingerprint density at radius 1 is 1.35 bits per heavy atom. The van der Waals surface area contributed by atoms with Gasteiger partial charge in [-0.2, -0.15) is 5.10 Å². The lowest BCUT2D eigenvalue weighted by molar-refractivity contribution is 0.317. The average molecular weight is 289 g/mol. The molecular formula is C15H19N3OS. The van der Waals surface area contributed by atoms with E-state index in [1.165, 1.54) is 5.56 Å². The topological polar surface area (TPSA) is 53.1 Å². The summed E-state index contributed by atoms with van der Waals surface area (Å²) in [5, 5.41) is 4.14. The summed E-state index contributed by atoms with van der Waals surface area (Å²) in [7, 11) is 1.91. The van der Waals surface area contributed by atoms with E-state index in [9.17, 15) is 0 Å². The highest BCUT2D eigenvalue weighted by molar-refractivity contribution is 7.80. The Balaban J connectivity index is 2.04. The molecule has 0 saturated carbocycles. The summed E-state index contributed by atoms with van der Waals surface area (Å²) in [4.78, 5) is 0.415. The van der Waals surface area contributed by atoms with Gasteiger partial charge in [0.2, 0.25) is 0 Å². The van der Waals surface area contributed by atoms with Crippen molar-refractivity contribution in [2.75, 3.05) is 6.61 Å². The summed E-state index contributed by atoms with van der Waals surface area (Å²) >= 11 is 5.01. The number of hydrogen-bond acceptors (Lipinski definition) is 3. The molecule has 5 heteroatoms. The number of aromatic nitrogens is 2. The van der Waals surface area contributed by atoms with Crippen molar-refractivity contribution < 1.29 is 4.74 Å². The third-order valence-electron chi connectivity index (χ3n) is 3.14. The SMILES string of the molecule is Cc1cc(C(N)=S)cc(C)c1OCCc1cnn(C)c1. The van der Waals surface area contributed by atoms with Gasteiger partial charge >= 0.3 is 0 Å². The summed E-state index contributed by atoms with van der Waals surface area (Å²) in [5.41, 5.74) is 9.82. The molecule has 0 fully saturated rings. The molecule has 4 nitrogen and oxygen atoms in total. The van der Waals surface area contributed by atoms with Gasteiger partial charge in [-0.1, -0.05) is 12.2 Å². The van der Waals surface area contributed by atoms with Crippen LogP contribution in [-0.4, -0.2) is 21.4 Å². The number of rotatable bonds is 5. The molecule has 0 aliphatic carbocycles. The van der Waals surface area contributed by atoms with Gasteiger partial charge in [-0.15, -0.1) is 0 Å². The second-order valence-electron chi connectivity index (χ2n) is 4.92. The average Bonchev–Trinajstić information content (AvgIpc) is 2.78. The van der Waals surface area contributed by atoms with Crippen molar-refractivity contribution in [2.45, 2.75) is 20.3 Å². The fourth-order valence-electron chi connectivity index (χ4n) is 2.19. The van der Waals surface area contributed by atoms with Gasteiger partial charge < -0.3 is 10.5 Å². The molecule has 1 aromatic heterocycles. The fraction of sp³-hybridized carbons (Fsp3) is 0.333. The van der Waals surface area contributed by atoms with Crippen molar-refractivity contribution in [1.29, 1.82) is 0 Å². The summed E-state index contributed by atoms with van der Waals surface area (Å²) in [6.07, 6.45) is 4.70. The third-order valence-corrected chi connectivity index (χ3v) is 3.38. The van der Waals surface area contributed by atoms with Gasteiger partial charge in [0, 0.05) is 25.2 Å². The molecule has 1 heterocycles. The van der Waals surface area contributed by atoms with E-state index in [4.69, 9.17) is 22.7 Å². The Labute approximate surface area is 124 Å². The van der Waals surface area contributed by atoms with E-state index in [1.54, 1.807) is 4.68 Å². The normalized spacial score (nSPS) is 10.6. The molecule has 0 aliphatic heterocycles. The van der Waals surface area contributed by atoms with Crippen LogP contribution in [-0.2, 0) is 13.5 Å². The highest BCUT2D eigenvalue weighted by Crippen LogP contribution is 2.25. The van der Waals surface area contributed by atoms with Crippen LogP contribution in [0, 0.1) is 13.8 Å². The number of benzene rings is 1. The van der Waals surface area contributed by atoms with Crippen molar-refractivity contribution in [3.8, 4) is 5.75 Å². The monoisotopic (exact) mass is 289 g/mol. The first-order chi connectivity index (χ1) is 9.47. The van der Waals surface area contributed by atoms with Crippen LogP contribution in [0.15, 0.2) is 24.5 Å². The van der Waals surface area contributed by atoms with Crippen LogP contribution < -0.4 is 10.5 Å². The number of hydrogen-bond donors (Lipinski definition) is 1. The van der Waals surface area contributed by atoms with Gasteiger partial charge in [0.25, 0.3) is 0 Å². The van der Waals surface area contributed by atoms with E-state index in [0.29, 0.717) is 11.6 Å². The zero-order valence-corrected chi connectivity index (χ0v) is 12.8. The summed E-state index contributed by atoms with van der Waals surface area (Å²) in [6.45, 7) is 4.64. The maximum absolute atomic E-state index is 5.89. The molecule has 2 N–H and O–H groups in total. The lowest BCUT2D eigenvalue weighted by Crippen LogP contribution is -2.11. The van der Waals surface area contributed by atoms with Gasteiger partial charge in [-0.3, -0.25) is 4.68 Å². The quantitative estimate of drug-likeness (QED) is 0.858. The van der Waals surface area contributed by atoms with Crippen molar-refractivity contribution in [2.24, 2.45) is 12.8 Å². The number of ether oxygens (including phenoxy) is 1. The van der Waals surface area contributed by atoms with Crippen LogP contribution in [0.25, 0.3) is 0 Å². The first kappa shape index (κ1) is 14.5. The minimum Gasteiger partial charge on any atom is -0.493 e. The molecule has 20 heavy (non-hydrogen) atoms. The Morgan fingerprint density at radius 3 is 2.50 bits per heavy atom. The van der Waals surface area contributed by atoms with Crippen LogP contribution in [0.1, 0.15) is 22.3 Å².